The molecule has 0 amide bonds. The molecule has 7 heteroatoms. The molecule has 276 valence electrons. The number of benzene rings is 6. The first-order valence-electron chi connectivity index (χ1n) is 18.1. The van der Waals surface area contributed by atoms with E-state index in [9.17, 15) is 19.8 Å². The number of rotatable bonds is 12. The van der Waals surface area contributed by atoms with Crippen molar-refractivity contribution in [2.24, 2.45) is 0 Å². The van der Waals surface area contributed by atoms with Gasteiger partial charge in [-0.05, 0) is 45.5 Å². The molecular formula is C48H46O6Zn. The van der Waals surface area contributed by atoms with Crippen molar-refractivity contribution in [1.82, 2.24) is 0 Å². The first-order chi connectivity index (χ1) is 26.0. The molecule has 0 saturated heterocycles. The smallest absolute Gasteiger partial charge is 0.545 e. The van der Waals surface area contributed by atoms with Crippen LogP contribution in [0.5, 0.6) is 11.5 Å². The number of carbonyl (C=O) groups excluding carboxylic acids is 2. The van der Waals surface area contributed by atoms with Gasteiger partial charge < -0.3 is 29.3 Å². The quantitative estimate of drug-likeness (QED) is 0.115. The fourth-order valence-corrected chi connectivity index (χ4v) is 6.96. The van der Waals surface area contributed by atoms with E-state index in [2.05, 4.69) is 39.8 Å². The van der Waals surface area contributed by atoms with Gasteiger partial charge in [-0.25, -0.2) is 0 Å². The molecule has 0 aliphatic carbocycles. The Morgan fingerprint density at radius 1 is 0.418 bits per heavy atom. The van der Waals surface area contributed by atoms with Crippen molar-refractivity contribution in [1.29, 1.82) is 0 Å². The molecule has 0 heterocycles. The number of ether oxygens (including phenoxy) is 2. The monoisotopic (exact) mass is 782 g/mol. The van der Waals surface area contributed by atoms with Gasteiger partial charge in [0.25, 0.3) is 0 Å². The molecule has 0 bridgehead atoms. The molecule has 0 saturated carbocycles. The number of hydrogen-bond acceptors (Lipinski definition) is 6. The van der Waals surface area contributed by atoms with Crippen LogP contribution in [0.3, 0.4) is 0 Å². The Morgan fingerprint density at radius 2 is 0.673 bits per heavy atom. The molecule has 6 rings (SSSR count). The first-order valence-corrected chi connectivity index (χ1v) is 18.1. The molecule has 0 N–H and O–H groups in total. The largest absolute Gasteiger partial charge is 2.00 e. The van der Waals surface area contributed by atoms with E-state index in [1.54, 1.807) is 12.1 Å². The Bertz CT molecular complexity index is 2000. The normalized spacial score (nSPS) is 12.8. The predicted octanol–water partition coefficient (Wildman–Crippen LogP) is 8.72. The van der Waals surface area contributed by atoms with Crippen LogP contribution in [0.25, 0.3) is 0 Å². The van der Waals surface area contributed by atoms with Crippen molar-refractivity contribution < 1.29 is 48.8 Å². The average molecular weight is 784 g/mol. The van der Waals surface area contributed by atoms with Gasteiger partial charge >= 0.3 is 19.5 Å². The van der Waals surface area contributed by atoms with E-state index in [4.69, 9.17) is 9.47 Å². The summed E-state index contributed by atoms with van der Waals surface area (Å²) in [5.74, 6) is -1.63. The number of carboxylic acids is 2. The third kappa shape index (κ3) is 9.97. The Morgan fingerprint density at radius 3 is 0.909 bits per heavy atom. The molecule has 6 aromatic rings. The van der Waals surface area contributed by atoms with Crippen LogP contribution in [-0.2, 0) is 19.5 Å². The Labute approximate surface area is 337 Å². The van der Waals surface area contributed by atoms with Crippen LogP contribution in [0.4, 0.5) is 0 Å². The van der Waals surface area contributed by atoms with Gasteiger partial charge in [0.05, 0.1) is 26.2 Å². The van der Waals surface area contributed by atoms with Gasteiger partial charge in [-0.3, -0.25) is 0 Å². The maximum Gasteiger partial charge on any atom is 2.00 e. The van der Waals surface area contributed by atoms with Crippen molar-refractivity contribution in [2.75, 3.05) is 14.2 Å². The summed E-state index contributed by atoms with van der Waals surface area (Å²) < 4.78 is 11.0. The van der Waals surface area contributed by atoms with Crippen LogP contribution >= 0.6 is 0 Å². The van der Waals surface area contributed by atoms with Gasteiger partial charge in [0.1, 0.15) is 11.5 Å². The van der Waals surface area contributed by atoms with Crippen LogP contribution in [0, 0.1) is 0 Å². The molecule has 0 spiro atoms. The second kappa shape index (κ2) is 19.7. The molecule has 0 fully saturated rings. The number of aromatic carboxylic acids is 2. The second-order valence-electron chi connectivity index (χ2n) is 13.5. The maximum atomic E-state index is 11.8. The van der Waals surface area contributed by atoms with Gasteiger partial charge in [0, 0.05) is 45.9 Å². The van der Waals surface area contributed by atoms with Gasteiger partial charge in [-0.2, -0.15) is 0 Å². The van der Waals surface area contributed by atoms with Gasteiger partial charge in [-0.15, -0.1) is 0 Å². The van der Waals surface area contributed by atoms with E-state index in [0.717, 1.165) is 44.5 Å². The molecule has 0 aromatic heterocycles. The maximum absolute atomic E-state index is 11.8. The van der Waals surface area contributed by atoms with Gasteiger partial charge in [-0.1, -0.05) is 161 Å². The summed E-state index contributed by atoms with van der Waals surface area (Å²) in [6.45, 7) is 8.27. The molecule has 6 nitrogen and oxygen atoms in total. The standard InChI is InChI=1S/2C24H24O3.Zn/c2*1-16(18-10-6-4-7-11-18)20-14-21(17(2)19-12-8-5-9-13-19)23(27-3)22(15-20)24(25)26;/h2*4-17H,1-3H3,(H,25,26);/q;;+2/p-2. The van der Waals surface area contributed by atoms with Crippen LogP contribution < -0.4 is 19.7 Å². The van der Waals surface area contributed by atoms with Crippen LogP contribution in [0.15, 0.2) is 146 Å². The zero-order valence-corrected chi connectivity index (χ0v) is 35.3. The topological polar surface area (TPSA) is 98.7 Å². The Kier molecular flexibility index (Phi) is 15.1. The molecule has 4 unspecified atom stereocenters. The number of methoxy groups -OCH3 is 2. The number of carboxylic acid groups (broad SMARTS) is 2. The van der Waals surface area contributed by atoms with Crippen LogP contribution in [-0.4, -0.2) is 26.2 Å². The minimum atomic E-state index is -1.23. The van der Waals surface area contributed by atoms with E-state index in [1.165, 1.54) is 14.2 Å². The average Bonchev–Trinajstić information content (AvgIpc) is 3.22. The third-order valence-corrected chi connectivity index (χ3v) is 10.3. The minimum absolute atomic E-state index is 0. The fraction of sp³-hybridized carbons (Fsp3) is 0.208. The summed E-state index contributed by atoms with van der Waals surface area (Å²) >= 11 is 0. The first kappa shape index (κ1) is 42.2. The molecule has 0 aliphatic rings. The van der Waals surface area contributed by atoms with Crippen molar-refractivity contribution in [3.05, 3.63) is 201 Å². The summed E-state index contributed by atoms with van der Waals surface area (Å²) in [7, 11) is 3.01. The van der Waals surface area contributed by atoms with E-state index >= 15 is 0 Å². The van der Waals surface area contributed by atoms with Gasteiger partial charge in [0.2, 0.25) is 0 Å². The summed E-state index contributed by atoms with van der Waals surface area (Å²) in [6.07, 6.45) is 0. The fourth-order valence-electron chi connectivity index (χ4n) is 6.96. The molecular weight excluding hydrogens is 738 g/mol. The second-order valence-corrected chi connectivity index (χ2v) is 13.5. The van der Waals surface area contributed by atoms with Crippen LogP contribution in [0.1, 0.15) is 117 Å². The SMILES string of the molecule is COc1c(C(=O)[O-])cc(C(C)c2ccccc2)cc1C(C)c1ccccc1.COc1c(C(=O)[O-])cc(C(C)c2ccccc2)cc1C(C)c1ccccc1.[Zn+2]. The molecule has 0 aliphatic heterocycles. The Hall–Kier alpha value is -5.52. The summed E-state index contributed by atoms with van der Waals surface area (Å²) in [5.41, 5.74) is 8.21. The Balaban J connectivity index is 0.000000240. The van der Waals surface area contributed by atoms with E-state index < -0.39 is 11.9 Å². The number of carbonyl (C=O) groups is 2. The zero-order valence-electron chi connectivity index (χ0n) is 32.3. The van der Waals surface area contributed by atoms with Crippen LogP contribution in [0.2, 0.25) is 0 Å². The zero-order chi connectivity index (χ0) is 38.8. The third-order valence-electron chi connectivity index (χ3n) is 10.3. The van der Waals surface area contributed by atoms with Crippen molar-refractivity contribution in [2.45, 2.75) is 51.4 Å². The summed E-state index contributed by atoms with van der Waals surface area (Å²) in [6, 6.07) is 47.6. The van der Waals surface area contributed by atoms with Crippen molar-refractivity contribution in [3.63, 3.8) is 0 Å². The molecule has 6 aromatic carbocycles. The minimum Gasteiger partial charge on any atom is -0.545 e. The molecule has 4 atom stereocenters. The van der Waals surface area contributed by atoms with E-state index in [0.29, 0.717) is 11.5 Å². The van der Waals surface area contributed by atoms with E-state index in [1.807, 2.05) is 121 Å². The van der Waals surface area contributed by atoms with Gasteiger partial charge in [0.15, 0.2) is 0 Å². The van der Waals surface area contributed by atoms with E-state index in [-0.39, 0.29) is 54.3 Å². The van der Waals surface area contributed by atoms with Crippen molar-refractivity contribution >= 4 is 11.9 Å². The summed E-state index contributed by atoms with van der Waals surface area (Å²) in [4.78, 5) is 23.6. The molecule has 55 heavy (non-hydrogen) atoms. The predicted molar refractivity (Wildman–Crippen MR) is 210 cm³/mol. The van der Waals surface area contributed by atoms with Crippen molar-refractivity contribution in [3.8, 4) is 11.5 Å². The molecule has 0 radical (unpaired) electrons. The number of hydrogen-bond donors (Lipinski definition) is 0. The summed E-state index contributed by atoms with van der Waals surface area (Å²) in [5, 5.41) is 23.6.